The van der Waals surface area contributed by atoms with Crippen LogP contribution in [0.15, 0.2) is 76.4 Å². The van der Waals surface area contributed by atoms with Crippen molar-refractivity contribution >= 4 is 6.21 Å². The third-order valence-electron chi connectivity index (χ3n) is 6.78. The van der Waals surface area contributed by atoms with Gasteiger partial charge in [-0.1, -0.05) is 74.1 Å². The topological polar surface area (TPSA) is 12.4 Å². The quantitative estimate of drug-likeness (QED) is 0.525. The summed E-state index contributed by atoms with van der Waals surface area (Å²) in [7, 11) is 0. The molecule has 0 spiro atoms. The Balaban J connectivity index is 1.57. The molecule has 4 aliphatic rings. The molecule has 1 aliphatic heterocycles. The van der Waals surface area contributed by atoms with Crippen LogP contribution in [-0.4, -0.2) is 12.3 Å². The number of hydrogen-bond acceptors (Lipinski definition) is 1. The Bertz CT molecular complexity index is 753. The van der Waals surface area contributed by atoms with E-state index in [2.05, 4.69) is 74.7 Å². The highest BCUT2D eigenvalue weighted by Gasteiger charge is 2.35. The van der Waals surface area contributed by atoms with Gasteiger partial charge in [0.25, 0.3) is 0 Å². The van der Waals surface area contributed by atoms with Crippen molar-refractivity contribution in [2.24, 2.45) is 28.7 Å². The molecule has 0 aromatic heterocycles. The molecule has 0 N–H and O–H groups in total. The standard InChI is InChI=1S/C26H33N/c1-19(2)26-17-24(22-11-7-4-8-12-22)25(18-27-26)23-15-13-21(14-16-23)20-9-5-3-6-10-20/h3-5,7-9,11,13,15,18-19,22,24-26H,6,10,12,14,16-17H2,1-2H3. The third-order valence-corrected chi connectivity index (χ3v) is 6.78. The minimum absolute atomic E-state index is 0.486. The fourth-order valence-electron chi connectivity index (χ4n) is 5.04. The number of allylic oxidation sites excluding steroid dienone is 12. The first-order valence-corrected chi connectivity index (χ1v) is 10.8. The van der Waals surface area contributed by atoms with Gasteiger partial charge in [0.1, 0.15) is 0 Å². The van der Waals surface area contributed by atoms with Crippen molar-refractivity contribution < 1.29 is 0 Å². The summed E-state index contributed by atoms with van der Waals surface area (Å²) < 4.78 is 0. The molecule has 3 aliphatic carbocycles. The zero-order chi connectivity index (χ0) is 18.6. The van der Waals surface area contributed by atoms with Crippen LogP contribution >= 0.6 is 0 Å². The van der Waals surface area contributed by atoms with E-state index in [4.69, 9.17) is 4.99 Å². The van der Waals surface area contributed by atoms with Gasteiger partial charge in [0, 0.05) is 12.1 Å². The molecule has 0 aromatic carbocycles. The van der Waals surface area contributed by atoms with Crippen molar-refractivity contribution in [3.05, 3.63) is 71.4 Å². The molecular formula is C26H33N. The Morgan fingerprint density at radius 3 is 2.48 bits per heavy atom. The molecule has 0 amide bonds. The number of nitrogens with zero attached hydrogens (tertiary/aromatic N) is 1. The highest BCUT2D eigenvalue weighted by atomic mass is 14.8. The Kier molecular flexibility index (Phi) is 5.76. The van der Waals surface area contributed by atoms with E-state index in [1.54, 1.807) is 16.7 Å². The van der Waals surface area contributed by atoms with Gasteiger partial charge in [-0.25, -0.2) is 0 Å². The maximum atomic E-state index is 4.99. The van der Waals surface area contributed by atoms with Crippen LogP contribution in [0.1, 0.15) is 52.4 Å². The van der Waals surface area contributed by atoms with Gasteiger partial charge >= 0.3 is 0 Å². The molecule has 0 bridgehead atoms. The molecule has 4 atom stereocenters. The molecule has 4 unspecified atom stereocenters. The maximum Gasteiger partial charge on any atom is 0.0522 e. The van der Waals surface area contributed by atoms with Gasteiger partial charge in [0.15, 0.2) is 0 Å². The first-order chi connectivity index (χ1) is 13.2. The van der Waals surface area contributed by atoms with Crippen molar-refractivity contribution in [1.29, 1.82) is 0 Å². The molecule has 0 fully saturated rings. The average molecular weight is 360 g/mol. The van der Waals surface area contributed by atoms with Gasteiger partial charge in [0.05, 0.1) is 6.04 Å². The van der Waals surface area contributed by atoms with Gasteiger partial charge in [-0.3, -0.25) is 4.99 Å². The minimum Gasteiger partial charge on any atom is -0.293 e. The van der Waals surface area contributed by atoms with Crippen LogP contribution in [0.2, 0.25) is 0 Å². The fraction of sp³-hybridized carbons (Fsp3) is 0.500. The molecule has 142 valence electrons. The fourth-order valence-corrected chi connectivity index (χ4v) is 5.04. The average Bonchev–Trinajstić information content (AvgIpc) is 2.75. The van der Waals surface area contributed by atoms with Crippen LogP contribution in [0.4, 0.5) is 0 Å². The van der Waals surface area contributed by atoms with E-state index < -0.39 is 0 Å². The van der Waals surface area contributed by atoms with Crippen LogP contribution in [0.3, 0.4) is 0 Å². The highest BCUT2D eigenvalue weighted by Crippen LogP contribution is 2.42. The third kappa shape index (κ3) is 4.18. The Hall–Kier alpha value is -1.89. The summed E-state index contributed by atoms with van der Waals surface area (Å²) in [5.74, 6) is 2.49. The zero-order valence-electron chi connectivity index (χ0n) is 16.9. The second-order valence-corrected chi connectivity index (χ2v) is 8.84. The van der Waals surface area contributed by atoms with Crippen LogP contribution in [0.5, 0.6) is 0 Å². The molecule has 4 rings (SSSR count). The van der Waals surface area contributed by atoms with Crippen LogP contribution in [0.25, 0.3) is 0 Å². The summed E-state index contributed by atoms with van der Waals surface area (Å²) in [6, 6.07) is 0.486. The molecule has 27 heavy (non-hydrogen) atoms. The first kappa shape index (κ1) is 18.5. The highest BCUT2D eigenvalue weighted by molar-refractivity contribution is 5.68. The normalized spacial score (nSPS) is 33.1. The monoisotopic (exact) mass is 359 g/mol. The van der Waals surface area contributed by atoms with Gasteiger partial charge in [-0.05, 0) is 67.4 Å². The molecular weight excluding hydrogens is 326 g/mol. The van der Waals surface area contributed by atoms with Crippen molar-refractivity contribution in [2.45, 2.75) is 58.4 Å². The van der Waals surface area contributed by atoms with Gasteiger partial charge < -0.3 is 0 Å². The van der Waals surface area contributed by atoms with Crippen molar-refractivity contribution in [1.82, 2.24) is 0 Å². The predicted octanol–water partition coefficient (Wildman–Crippen LogP) is 6.77. The molecule has 1 heteroatoms. The molecule has 1 nitrogen and oxygen atoms in total. The summed E-state index contributed by atoms with van der Waals surface area (Å²) in [5.41, 5.74) is 4.69. The lowest BCUT2D eigenvalue weighted by Gasteiger charge is -2.39. The van der Waals surface area contributed by atoms with E-state index >= 15 is 0 Å². The van der Waals surface area contributed by atoms with Gasteiger partial charge in [-0.2, -0.15) is 0 Å². The van der Waals surface area contributed by atoms with Gasteiger partial charge in [0.2, 0.25) is 0 Å². The second kappa shape index (κ2) is 8.42. The minimum atomic E-state index is 0.486. The number of hydrogen-bond donors (Lipinski definition) is 0. The molecule has 0 radical (unpaired) electrons. The predicted molar refractivity (Wildman–Crippen MR) is 117 cm³/mol. The zero-order valence-corrected chi connectivity index (χ0v) is 16.9. The molecule has 0 aromatic rings. The largest absolute Gasteiger partial charge is 0.293 e. The summed E-state index contributed by atoms with van der Waals surface area (Å²) in [4.78, 5) is 4.99. The van der Waals surface area contributed by atoms with Gasteiger partial charge in [-0.15, -0.1) is 0 Å². The van der Waals surface area contributed by atoms with E-state index in [0.717, 1.165) is 0 Å². The summed E-state index contributed by atoms with van der Waals surface area (Å²) in [5, 5.41) is 0. The summed E-state index contributed by atoms with van der Waals surface area (Å²) >= 11 is 0. The van der Waals surface area contributed by atoms with Crippen molar-refractivity contribution in [3.63, 3.8) is 0 Å². The van der Waals surface area contributed by atoms with Crippen molar-refractivity contribution in [3.8, 4) is 0 Å². The van der Waals surface area contributed by atoms with Crippen LogP contribution in [-0.2, 0) is 0 Å². The lowest BCUT2D eigenvalue weighted by atomic mass is 9.68. The maximum absolute atomic E-state index is 4.99. The summed E-state index contributed by atoms with van der Waals surface area (Å²) in [6.07, 6.45) is 30.4. The lowest BCUT2D eigenvalue weighted by molar-refractivity contribution is 0.262. The van der Waals surface area contributed by atoms with Crippen LogP contribution in [0, 0.1) is 23.7 Å². The van der Waals surface area contributed by atoms with E-state index in [0.29, 0.717) is 29.7 Å². The second-order valence-electron chi connectivity index (χ2n) is 8.84. The SMILES string of the molecule is CC(C)C1CC(C2C=CC=CC2)C(C2=CC=C(C3=CC=CCC3)CC2)C=N1. The summed E-state index contributed by atoms with van der Waals surface area (Å²) in [6.45, 7) is 4.63. The Morgan fingerprint density at radius 1 is 0.926 bits per heavy atom. The number of aliphatic imine (C=N–C) groups is 1. The first-order valence-electron chi connectivity index (χ1n) is 10.8. The van der Waals surface area contributed by atoms with Crippen LogP contribution < -0.4 is 0 Å². The number of rotatable bonds is 4. The van der Waals surface area contributed by atoms with Crippen molar-refractivity contribution in [2.75, 3.05) is 0 Å². The molecule has 0 saturated carbocycles. The molecule has 1 heterocycles. The smallest absolute Gasteiger partial charge is 0.0522 e. The Labute approximate surface area is 165 Å². The molecule has 0 saturated heterocycles. The van der Waals surface area contributed by atoms with E-state index in [1.165, 1.54) is 38.5 Å². The van der Waals surface area contributed by atoms with E-state index in [-0.39, 0.29) is 0 Å². The Morgan fingerprint density at radius 2 is 1.81 bits per heavy atom. The van der Waals surface area contributed by atoms with E-state index in [1.807, 2.05) is 0 Å². The van der Waals surface area contributed by atoms with E-state index in [9.17, 15) is 0 Å². The lowest BCUT2D eigenvalue weighted by Crippen LogP contribution is -2.35.